The van der Waals surface area contributed by atoms with Crippen molar-refractivity contribution in [1.82, 2.24) is 4.90 Å². The van der Waals surface area contributed by atoms with Crippen LogP contribution in [0.1, 0.15) is 39.5 Å². The van der Waals surface area contributed by atoms with Crippen LogP contribution in [0.25, 0.3) is 0 Å². The van der Waals surface area contributed by atoms with Crippen molar-refractivity contribution in [2.24, 2.45) is 11.7 Å². The van der Waals surface area contributed by atoms with E-state index in [1.165, 1.54) is 0 Å². The van der Waals surface area contributed by atoms with Crippen molar-refractivity contribution in [2.45, 2.75) is 45.1 Å². The molecule has 1 aliphatic rings. The Bertz CT molecular complexity index is 207. The summed E-state index contributed by atoms with van der Waals surface area (Å²) < 4.78 is 0. The van der Waals surface area contributed by atoms with Crippen LogP contribution in [0.2, 0.25) is 0 Å². The van der Waals surface area contributed by atoms with Crippen LogP contribution in [0.5, 0.6) is 0 Å². The highest BCUT2D eigenvalue weighted by atomic mass is 16.2. The first kappa shape index (κ1) is 11.5. The van der Waals surface area contributed by atoms with Gasteiger partial charge in [0.05, 0.1) is 5.54 Å². The molecule has 1 aliphatic carbocycles. The van der Waals surface area contributed by atoms with Crippen LogP contribution in [-0.4, -0.2) is 29.9 Å². The van der Waals surface area contributed by atoms with Gasteiger partial charge in [-0.2, -0.15) is 0 Å². The van der Waals surface area contributed by atoms with Crippen molar-refractivity contribution in [3.05, 3.63) is 0 Å². The van der Waals surface area contributed by atoms with Gasteiger partial charge in [-0.1, -0.05) is 26.7 Å². The van der Waals surface area contributed by atoms with Crippen LogP contribution in [0.3, 0.4) is 0 Å². The van der Waals surface area contributed by atoms with E-state index in [4.69, 9.17) is 5.73 Å². The third-order valence-electron chi connectivity index (χ3n) is 2.91. The molecule has 0 bridgehead atoms. The normalized spacial score (nSPS) is 20.1. The Hall–Kier alpha value is -0.570. The van der Waals surface area contributed by atoms with Crippen LogP contribution >= 0.6 is 0 Å². The molecule has 82 valence electrons. The van der Waals surface area contributed by atoms with E-state index in [0.29, 0.717) is 5.92 Å². The van der Waals surface area contributed by atoms with Crippen molar-refractivity contribution >= 4 is 5.91 Å². The third kappa shape index (κ3) is 2.47. The zero-order chi connectivity index (χ0) is 10.8. The van der Waals surface area contributed by atoms with Gasteiger partial charge in [-0.25, -0.2) is 0 Å². The van der Waals surface area contributed by atoms with Gasteiger partial charge in [0.15, 0.2) is 0 Å². The molecule has 1 amide bonds. The Morgan fingerprint density at radius 2 is 1.93 bits per heavy atom. The molecule has 0 aromatic carbocycles. The number of likely N-dealkylation sites (N-methyl/N-ethyl adjacent to an activating group) is 1. The molecule has 0 aromatic rings. The number of nitrogens with zero attached hydrogens (tertiary/aromatic N) is 1. The van der Waals surface area contributed by atoms with Crippen LogP contribution in [-0.2, 0) is 4.79 Å². The molecule has 0 saturated heterocycles. The largest absolute Gasteiger partial charge is 0.344 e. The summed E-state index contributed by atoms with van der Waals surface area (Å²) in [5, 5.41) is 0. The van der Waals surface area contributed by atoms with Gasteiger partial charge < -0.3 is 10.6 Å². The van der Waals surface area contributed by atoms with E-state index in [1.54, 1.807) is 4.90 Å². The van der Waals surface area contributed by atoms with E-state index < -0.39 is 5.54 Å². The average Bonchev–Trinajstić information content (AvgIpc) is 2.51. The molecule has 0 aliphatic heterocycles. The summed E-state index contributed by atoms with van der Waals surface area (Å²) in [6.45, 7) is 5.03. The lowest BCUT2D eigenvalue weighted by Gasteiger charge is -2.29. The summed E-state index contributed by atoms with van der Waals surface area (Å²) in [4.78, 5) is 13.8. The summed E-state index contributed by atoms with van der Waals surface area (Å²) in [5.41, 5.74) is 5.54. The van der Waals surface area contributed by atoms with E-state index in [2.05, 4.69) is 13.8 Å². The molecular weight excluding hydrogens is 176 g/mol. The summed E-state index contributed by atoms with van der Waals surface area (Å²) in [7, 11) is 1.86. The lowest BCUT2D eigenvalue weighted by Crippen LogP contribution is -2.53. The first-order valence-electron chi connectivity index (χ1n) is 5.50. The number of hydrogen-bond acceptors (Lipinski definition) is 2. The SMILES string of the molecule is CC(C)CN(C)C(=O)C1(N)CCCC1. The van der Waals surface area contributed by atoms with Gasteiger partial charge in [-0.15, -0.1) is 0 Å². The maximum atomic E-state index is 12.0. The number of carbonyl (C=O) groups is 1. The highest BCUT2D eigenvalue weighted by Gasteiger charge is 2.38. The van der Waals surface area contributed by atoms with Gasteiger partial charge in [-0.05, 0) is 18.8 Å². The molecule has 2 N–H and O–H groups in total. The van der Waals surface area contributed by atoms with E-state index >= 15 is 0 Å². The Morgan fingerprint density at radius 1 is 1.43 bits per heavy atom. The van der Waals surface area contributed by atoms with E-state index in [-0.39, 0.29) is 5.91 Å². The molecule has 3 nitrogen and oxygen atoms in total. The van der Waals surface area contributed by atoms with Gasteiger partial charge in [0.2, 0.25) is 5.91 Å². The summed E-state index contributed by atoms with van der Waals surface area (Å²) in [6, 6.07) is 0. The predicted octanol–water partition coefficient (Wildman–Crippen LogP) is 1.37. The molecule has 14 heavy (non-hydrogen) atoms. The minimum atomic E-state index is -0.552. The van der Waals surface area contributed by atoms with E-state index in [1.807, 2.05) is 7.05 Å². The van der Waals surface area contributed by atoms with Crippen LogP contribution in [0.15, 0.2) is 0 Å². The van der Waals surface area contributed by atoms with E-state index in [9.17, 15) is 4.79 Å². The first-order chi connectivity index (χ1) is 6.46. The second-order valence-electron chi connectivity index (χ2n) is 4.94. The van der Waals surface area contributed by atoms with Crippen molar-refractivity contribution in [3.8, 4) is 0 Å². The summed E-state index contributed by atoms with van der Waals surface area (Å²) in [5.74, 6) is 0.637. The summed E-state index contributed by atoms with van der Waals surface area (Å²) >= 11 is 0. The number of hydrogen-bond donors (Lipinski definition) is 1. The van der Waals surface area contributed by atoms with Crippen LogP contribution in [0.4, 0.5) is 0 Å². The van der Waals surface area contributed by atoms with Gasteiger partial charge in [0.1, 0.15) is 0 Å². The first-order valence-corrected chi connectivity index (χ1v) is 5.50. The standard InChI is InChI=1S/C11H22N2O/c1-9(2)8-13(3)10(14)11(12)6-4-5-7-11/h9H,4-8,12H2,1-3H3. The topological polar surface area (TPSA) is 46.3 Å². The van der Waals surface area contributed by atoms with Crippen molar-refractivity contribution in [2.75, 3.05) is 13.6 Å². The Morgan fingerprint density at radius 3 is 2.36 bits per heavy atom. The molecule has 0 heterocycles. The summed E-state index contributed by atoms with van der Waals surface area (Å²) in [6.07, 6.45) is 3.90. The monoisotopic (exact) mass is 198 g/mol. The fourth-order valence-corrected chi connectivity index (χ4v) is 2.23. The lowest BCUT2D eigenvalue weighted by molar-refractivity contribution is -0.135. The average molecular weight is 198 g/mol. The van der Waals surface area contributed by atoms with Crippen LogP contribution in [0, 0.1) is 5.92 Å². The molecular formula is C11H22N2O. The van der Waals surface area contributed by atoms with Gasteiger partial charge in [-0.3, -0.25) is 4.79 Å². The lowest BCUT2D eigenvalue weighted by atomic mass is 9.97. The molecule has 3 heteroatoms. The number of carbonyl (C=O) groups excluding carboxylic acids is 1. The molecule has 0 radical (unpaired) electrons. The Balaban J connectivity index is 2.55. The smallest absolute Gasteiger partial charge is 0.242 e. The Kier molecular flexibility index (Phi) is 3.53. The second-order valence-corrected chi connectivity index (χ2v) is 4.94. The molecule has 0 spiro atoms. The number of amides is 1. The van der Waals surface area contributed by atoms with Gasteiger partial charge >= 0.3 is 0 Å². The maximum absolute atomic E-state index is 12.0. The molecule has 0 atom stereocenters. The fourth-order valence-electron chi connectivity index (χ4n) is 2.23. The third-order valence-corrected chi connectivity index (χ3v) is 2.91. The van der Waals surface area contributed by atoms with Crippen molar-refractivity contribution < 1.29 is 4.79 Å². The van der Waals surface area contributed by atoms with Crippen LogP contribution < -0.4 is 5.73 Å². The molecule has 1 saturated carbocycles. The van der Waals surface area contributed by atoms with Gasteiger partial charge in [0, 0.05) is 13.6 Å². The minimum absolute atomic E-state index is 0.128. The molecule has 0 aromatic heterocycles. The molecule has 0 unspecified atom stereocenters. The minimum Gasteiger partial charge on any atom is -0.344 e. The highest BCUT2D eigenvalue weighted by molar-refractivity contribution is 5.86. The zero-order valence-corrected chi connectivity index (χ0v) is 9.55. The van der Waals surface area contributed by atoms with Crippen molar-refractivity contribution in [1.29, 1.82) is 0 Å². The predicted molar refractivity (Wildman–Crippen MR) is 57.9 cm³/mol. The molecule has 1 rings (SSSR count). The number of rotatable bonds is 3. The van der Waals surface area contributed by atoms with Crippen molar-refractivity contribution in [3.63, 3.8) is 0 Å². The second kappa shape index (κ2) is 4.30. The fraction of sp³-hybridized carbons (Fsp3) is 0.909. The quantitative estimate of drug-likeness (QED) is 0.744. The van der Waals surface area contributed by atoms with E-state index in [0.717, 1.165) is 32.2 Å². The zero-order valence-electron chi connectivity index (χ0n) is 9.55. The highest BCUT2D eigenvalue weighted by Crippen LogP contribution is 2.28. The molecule has 1 fully saturated rings. The maximum Gasteiger partial charge on any atom is 0.242 e. The Labute approximate surface area is 86.6 Å². The number of nitrogens with two attached hydrogens (primary N) is 1. The van der Waals surface area contributed by atoms with Gasteiger partial charge in [0.25, 0.3) is 0 Å².